The van der Waals surface area contributed by atoms with Gasteiger partial charge in [-0.05, 0) is 12.1 Å². The normalized spacial score (nSPS) is 12.9. The number of rotatable bonds is 2. The molecule has 4 rings (SSSR count). The monoisotopic (exact) mass is 318 g/mol. The second kappa shape index (κ2) is 5.66. The van der Waals surface area contributed by atoms with Crippen molar-refractivity contribution in [1.82, 2.24) is 9.97 Å². The third-order valence-corrected chi connectivity index (χ3v) is 3.73. The summed E-state index contributed by atoms with van der Waals surface area (Å²) >= 11 is 0. The Kier molecular flexibility index (Phi) is 3.35. The van der Waals surface area contributed by atoms with Crippen molar-refractivity contribution in [2.45, 2.75) is 0 Å². The van der Waals surface area contributed by atoms with Crippen molar-refractivity contribution < 1.29 is 9.53 Å². The van der Waals surface area contributed by atoms with Gasteiger partial charge in [0, 0.05) is 11.1 Å². The minimum absolute atomic E-state index is 0.00934. The van der Waals surface area contributed by atoms with Gasteiger partial charge in [-0.15, -0.1) is 0 Å². The Labute approximate surface area is 138 Å². The zero-order valence-electron chi connectivity index (χ0n) is 12.7. The van der Waals surface area contributed by atoms with Gasteiger partial charge in [0.15, 0.2) is 6.61 Å². The fraction of sp³-hybridized carbons (Fsp3) is 0.0556. The van der Waals surface area contributed by atoms with Crippen LogP contribution in [-0.2, 0) is 4.79 Å². The molecular formula is C18H14N4O2. The van der Waals surface area contributed by atoms with Gasteiger partial charge < -0.3 is 15.8 Å². The van der Waals surface area contributed by atoms with Gasteiger partial charge in [-0.1, -0.05) is 36.4 Å². The van der Waals surface area contributed by atoms with Crippen LogP contribution in [0.25, 0.3) is 22.5 Å². The molecule has 3 N–H and O–H groups in total. The van der Waals surface area contributed by atoms with Crippen LogP contribution < -0.4 is 15.8 Å². The van der Waals surface area contributed by atoms with E-state index in [2.05, 4.69) is 15.3 Å². The van der Waals surface area contributed by atoms with Gasteiger partial charge in [-0.25, -0.2) is 4.98 Å². The highest BCUT2D eigenvalue weighted by Crippen LogP contribution is 2.35. The number of nitrogens with one attached hydrogen (secondary N) is 1. The molecular weight excluding hydrogens is 304 g/mol. The largest absolute Gasteiger partial charge is 0.482 e. The van der Waals surface area contributed by atoms with E-state index in [1.165, 1.54) is 6.20 Å². The van der Waals surface area contributed by atoms with Crippen molar-refractivity contribution in [3.8, 4) is 28.3 Å². The first kappa shape index (κ1) is 14.2. The van der Waals surface area contributed by atoms with Crippen LogP contribution in [0.1, 0.15) is 0 Å². The van der Waals surface area contributed by atoms with E-state index in [1.54, 1.807) is 6.07 Å². The summed E-state index contributed by atoms with van der Waals surface area (Å²) in [5.74, 6) is 0.816. The average Bonchev–Trinajstić information content (AvgIpc) is 2.62. The molecule has 0 radical (unpaired) electrons. The Morgan fingerprint density at radius 3 is 2.71 bits per heavy atom. The average molecular weight is 318 g/mol. The molecule has 118 valence electrons. The molecule has 2 aromatic carbocycles. The lowest BCUT2D eigenvalue weighted by molar-refractivity contribution is -0.118. The van der Waals surface area contributed by atoms with Crippen LogP contribution in [0.3, 0.4) is 0 Å². The predicted molar refractivity (Wildman–Crippen MR) is 91.4 cm³/mol. The molecule has 0 spiro atoms. The number of nitrogens with zero attached hydrogens (tertiary/aromatic N) is 2. The predicted octanol–water partition coefficient (Wildman–Crippen LogP) is 2.72. The van der Waals surface area contributed by atoms with Gasteiger partial charge in [0.25, 0.3) is 5.91 Å². The molecule has 3 aromatic rings. The van der Waals surface area contributed by atoms with Crippen LogP contribution in [0.2, 0.25) is 0 Å². The quantitative estimate of drug-likeness (QED) is 0.758. The van der Waals surface area contributed by atoms with Crippen LogP contribution in [0.4, 0.5) is 11.5 Å². The number of anilines is 2. The smallest absolute Gasteiger partial charge is 0.262 e. The van der Waals surface area contributed by atoms with Crippen LogP contribution in [0.5, 0.6) is 5.75 Å². The zero-order valence-corrected chi connectivity index (χ0v) is 12.7. The molecule has 0 saturated heterocycles. The highest BCUT2D eigenvalue weighted by molar-refractivity contribution is 5.96. The highest BCUT2D eigenvalue weighted by Gasteiger charge is 2.18. The van der Waals surface area contributed by atoms with E-state index in [4.69, 9.17) is 10.5 Å². The van der Waals surface area contributed by atoms with Crippen molar-refractivity contribution >= 4 is 17.4 Å². The molecule has 0 unspecified atom stereocenters. The molecule has 6 heteroatoms. The molecule has 0 bridgehead atoms. The number of nitrogens with two attached hydrogens (primary N) is 1. The number of aromatic nitrogens is 2. The number of fused-ring (bicyclic) bond motifs is 1. The number of ether oxygens (including phenoxy) is 1. The molecule has 0 saturated carbocycles. The molecule has 2 heterocycles. The lowest BCUT2D eigenvalue weighted by atomic mass is 10.0. The number of nitrogen functional groups attached to an aromatic ring is 1. The number of amides is 1. The summed E-state index contributed by atoms with van der Waals surface area (Å²) in [6, 6.07) is 15.3. The first-order valence-electron chi connectivity index (χ1n) is 7.46. The van der Waals surface area contributed by atoms with E-state index in [0.717, 1.165) is 11.1 Å². The summed E-state index contributed by atoms with van der Waals surface area (Å²) in [6.45, 7) is 0.00934. The number of carbonyl (C=O) groups is 1. The first-order valence-corrected chi connectivity index (χ1v) is 7.46. The number of carbonyl (C=O) groups excluding carboxylic acids is 1. The molecule has 24 heavy (non-hydrogen) atoms. The van der Waals surface area contributed by atoms with Gasteiger partial charge in [-0.2, -0.15) is 0 Å². The molecule has 0 atom stereocenters. The van der Waals surface area contributed by atoms with Crippen LogP contribution >= 0.6 is 0 Å². The Balaban J connectivity index is 1.84. The van der Waals surface area contributed by atoms with Crippen molar-refractivity contribution in [3.05, 3.63) is 54.7 Å². The second-order valence-corrected chi connectivity index (χ2v) is 5.41. The van der Waals surface area contributed by atoms with E-state index < -0.39 is 0 Å². The Bertz CT molecular complexity index is 926. The summed E-state index contributed by atoms with van der Waals surface area (Å²) < 4.78 is 5.48. The van der Waals surface area contributed by atoms with Crippen molar-refractivity contribution in [2.75, 3.05) is 17.7 Å². The van der Waals surface area contributed by atoms with E-state index in [0.29, 0.717) is 28.6 Å². The van der Waals surface area contributed by atoms with E-state index in [-0.39, 0.29) is 12.5 Å². The lowest BCUT2D eigenvalue weighted by Gasteiger charge is -2.19. The summed E-state index contributed by atoms with van der Waals surface area (Å²) in [5.41, 5.74) is 9.66. The van der Waals surface area contributed by atoms with Crippen molar-refractivity contribution in [2.24, 2.45) is 0 Å². The summed E-state index contributed by atoms with van der Waals surface area (Å²) in [6.07, 6.45) is 1.53. The third-order valence-electron chi connectivity index (χ3n) is 3.73. The maximum atomic E-state index is 11.4. The van der Waals surface area contributed by atoms with Crippen LogP contribution in [-0.4, -0.2) is 22.5 Å². The maximum Gasteiger partial charge on any atom is 0.262 e. The van der Waals surface area contributed by atoms with E-state index in [1.807, 2.05) is 42.5 Å². The molecule has 1 aliphatic heterocycles. The van der Waals surface area contributed by atoms with Crippen molar-refractivity contribution in [1.29, 1.82) is 0 Å². The zero-order chi connectivity index (χ0) is 16.5. The molecule has 1 amide bonds. The molecule has 0 aliphatic carbocycles. The molecule has 0 fully saturated rings. The number of hydrogen-bond donors (Lipinski definition) is 2. The SMILES string of the molecule is Nc1cnc(-c2ccc3c(c2)OCC(=O)N3)c(-c2ccccc2)n1. The standard InChI is InChI=1S/C18H14N4O2/c19-15-9-20-17(18(22-15)11-4-2-1-3-5-11)12-6-7-13-14(8-12)24-10-16(23)21-13/h1-9H,10H2,(H2,19,22)(H,21,23). The summed E-state index contributed by atoms with van der Waals surface area (Å²) in [4.78, 5) is 20.3. The van der Waals surface area contributed by atoms with Gasteiger partial charge in [0.2, 0.25) is 0 Å². The molecule has 6 nitrogen and oxygen atoms in total. The van der Waals surface area contributed by atoms with Gasteiger partial charge in [0.05, 0.1) is 23.3 Å². The van der Waals surface area contributed by atoms with Gasteiger partial charge in [-0.3, -0.25) is 9.78 Å². The fourth-order valence-electron chi connectivity index (χ4n) is 2.63. The first-order chi connectivity index (χ1) is 11.7. The van der Waals surface area contributed by atoms with E-state index >= 15 is 0 Å². The molecule has 1 aromatic heterocycles. The van der Waals surface area contributed by atoms with Gasteiger partial charge in [0.1, 0.15) is 11.6 Å². The summed E-state index contributed by atoms with van der Waals surface area (Å²) in [7, 11) is 0. The van der Waals surface area contributed by atoms with Crippen LogP contribution in [0, 0.1) is 0 Å². The Hall–Kier alpha value is -3.41. The third kappa shape index (κ3) is 2.54. The van der Waals surface area contributed by atoms with E-state index in [9.17, 15) is 4.79 Å². The minimum Gasteiger partial charge on any atom is -0.482 e. The van der Waals surface area contributed by atoms with Crippen molar-refractivity contribution in [3.63, 3.8) is 0 Å². The Morgan fingerprint density at radius 1 is 1.04 bits per heavy atom. The highest BCUT2D eigenvalue weighted by atomic mass is 16.5. The topological polar surface area (TPSA) is 90.1 Å². The van der Waals surface area contributed by atoms with Gasteiger partial charge >= 0.3 is 0 Å². The lowest BCUT2D eigenvalue weighted by Crippen LogP contribution is -2.25. The number of hydrogen-bond acceptors (Lipinski definition) is 5. The maximum absolute atomic E-state index is 11.4. The Morgan fingerprint density at radius 2 is 1.88 bits per heavy atom. The van der Waals surface area contributed by atoms with Crippen LogP contribution in [0.15, 0.2) is 54.7 Å². The molecule has 1 aliphatic rings. The minimum atomic E-state index is -0.160. The fourth-order valence-corrected chi connectivity index (χ4v) is 2.63. The number of benzene rings is 2. The summed E-state index contributed by atoms with van der Waals surface area (Å²) in [5, 5.41) is 2.77. The second-order valence-electron chi connectivity index (χ2n) is 5.41.